The fourth-order valence-corrected chi connectivity index (χ4v) is 2.36. The van der Waals surface area contributed by atoms with E-state index in [0.717, 1.165) is 5.56 Å². The lowest BCUT2D eigenvalue weighted by molar-refractivity contribution is 0.163. The van der Waals surface area contributed by atoms with Gasteiger partial charge in [-0.3, -0.25) is 0 Å². The maximum Gasteiger partial charge on any atom is 0.214 e. The van der Waals surface area contributed by atoms with E-state index in [1.165, 1.54) is 0 Å². The number of nitrogens with one attached hydrogen (secondary N) is 1. The summed E-state index contributed by atoms with van der Waals surface area (Å²) in [6.45, 7) is 2.43. The molecule has 0 saturated carbocycles. The highest BCUT2D eigenvalue weighted by atomic mass is 32.2. The largest absolute Gasteiger partial charge is 0.384 e. The zero-order valence-corrected chi connectivity index (χ0v) is 12.2. The molecule has 0 aliphatic heterocycles. The van der Waals surface area contributed by atoms with E-state index in [0.29, 0.717) is 12.2 Å². The number of aliphatic hydroxyl groups is 1. The minimum absolute atomic E-state index is 0.0642. The van der Waals surface area contributed by atoms with Crippen LogP contribution >= 0.6 is 0 Å². The predicted octanol–water partition coefficient (Wildman–Crippen LogP) is 0.486. The zero-order valence-electron chi connectivity index (χ0n) is 11.4. The van der Waals surface area contributed by atoms with E-state index in [2.05, 4.69) is 16.6 Å². The summed E-state index contributed by atoms with van der Waals surface area (Å²) in [4.78, 5) is 0. The fraction of sp³-hybridized carbons (Fsp3) is 0.429. The lowest BCUT2D eigenvalue weighted by atomic mass is 10.1. The number of aliphatic hydroxyl groups excluding tert-OH is 1. The van der Waals surface area contributed by atoms with Crippen LogP contribution in [0.4, 0.5) is 0 Å². The van der Waals surface area contributed by atoms with Gasteiger partial charge in [-0.2, -0.15) is 0 Å². The van der Waals surface area contributed by atoms with E-state index in [-0.39, 0.29) is 25.5 Å². The van der Waals surface area contributed by atoms with Crippen molar-refractivity contribution in [3.63, 3.8) is 0 Å². The molecule has 6 heteroatoms. The third kappa shape index (κ3) is 6.17. The molecular formula is C14H19NO4S. The molecule has 0 bridgehead atoms. The highest BCUT2D eigenvalue weighted by Crippen LogP contribution is 2.07. The van der Waals surface area contributed by atoms with Gasteiger partial charge in [-0.1, -0.05) is 30.0 Å². The molecule has 0 fully saturated rings. The van der Waals surface area contributed by atoms with E-state index in [1.807, 2.05) is 19.1 Å². The second-order valence-electron chi connectivity index (χ2n) is 3.95. The number of rotatable bonds is 7. The van der Waals surface area contributed by atoms with Gasteiger partial charge < -0.3 is 9.84 Å². The van der Waals surface area contributed by atoms with Gasteiger partial charge in [0.2, 0.25) is 10.0 Å². The van der Waals surface area contributed by atoms with Crippen molar-refractivity contribution in [3.05, 3.63) is 35.4 Å². The maximum atomic E-state index is 11.7. The average Bonchev–Trinajstić information content (AvgIpc) is 2.44. The lowest BCUT2D eigenvalue weighted by Gasteiger charge is -2.08. The van der Waals surface area contributed by atoms with Gasteiger partial charge in [0.25, 0.3) is 0 Å². The SMILES string of the molecule is CCOCCS(=O)(=O)NCc1ccccc1C#CCO. The molecule has 0 aliphatic carbocycles. The Labute approximate surface area is 120 Å². The molecule has 2 N–H and O–H groups in total. The van der Waals surface area contributed by atoms with Crippen LogP contribution in [0.1, 0.15) is 18.1 Å². The molecule has 1 rings (SSSR count). The molecule has 0 saturated heterocycles. The molecule has 0 atom stereocenters. The maximum absolute atomic E-state index is 11.7. The van der Waals surface area contributed by atoms with Crippen LogP contribution in [0.3, 0.4) is 0 Å². The average molecular weight is 297 g/mol. The molecule has 5 nitrogen and oxygen atoms in total. The van der Waals surface area contributed by atoms with Crippen molar-refractivity contribution in [1.82, 2.24) is 4.72 Å². The Balaban J connectivity index is 2.65. The first-order valence-electron chi connectivity index (χ1n) is 6.31. The summed E-state index contributed by atoms with van der Waals surface area (Å²) in [7, 11) is -3.36. The first-order chi connectivity index (χ1) is 9.59. The Morgan fingerprint density at radius 3 is 2.80 bits per heavy atom. The van der Waals surface area contributed by atoms with Gasteiger partial charge in [0, 0.05) is 18.7 Å². The number of benzene rings is 1. The van der Waals surface area contributed by atoms with Crippen LogP contribution in [0, 0.1) is 11.8 Å². The monoisotopic (exact) mass is 297 g/mol. The van der Waals surface area contributed by atoms with Gasteiger partial charge in [-0.05, 0) is 18.6 Å². The van der Waals surface area contributed by atoms with Gasteiger partial charge in [-0.15, -0.1) is 0 Å². The van der Waals surface area contributed by atoms with Crippen LogP contribution in [0.5, 0.6) is 0 Å². The second-order valence-corrected chi connectivity index (χ2v) is 5.88. The summed E-state index contributed by atoms with van der Waals surface area (Å²) in [6.07, 6.45) is 0. The van der Waals surface area contributed by atoms with Crippen molar-refractivity contribution >= 4 is 10.0 Å². The van der Waals surface area contributed by atoms with Crippen LogP contribution in [0.25, 0.3) is 0 Å². The highest BCUT2D eigenvalue weighted by Gasteiger charge is 2.10. The van der Waals surface area contributed by atoms with Crippen molar-refractivity contribution in [2.45, 2.75) is 13.5 Å². The summed E-state index contributed by atoms with van der Waals surface area (Å²) in [6, 6.07) is 7.21. The second kappa shape index (κ2) is 8.72. The molecule has 0 heterocycles. The molecule has 0 amide bonds. The number of hydrogen-bond donors (Lipinski definition) is 2. The third-order valence-electron chi connectivity index (χ3n) is 2.50. The summed E-state index contributed by atoms with van der Waals surface area (Å²) in [5.41, 5.74) is 1.47. The summed E-state index contributed by atoms with van der Waals surface area (Å²) in [5, 5.41) is 8.70. The molecule has 20 heavy (non-hydrogen) atoms. The van der Waals surface area contributed by atoms with Crippen molar-refractivity contribution in [2.75, 3.05) is 25.6 Å². The molecule has 0 spiro atoms. The van der Waals surface area contributed by atoms with Crippen molar-refractivity contribution in [2.24, 2.45) is 0 Å². The van der Waals surface area contributed by atoms with Crippen molar-refractivity contribution < 1.29 is 18.3 Å². The van der Waals surface area contributed by atoms with Crippen molar-refractivity contribution in [1.29, 1.82) is 0 Å². The molecule has 1 aromatic carbocycles. The van der Waals surface area contributed by atoms with Crippen LogP contribution in [0.2, 0.25) is 0 Å². The van der Waals surface area contributed by atoms with E-state index in [9.17, 15) is 8.42 Å². The Morgan fingerprint density at radius 2 is 2.10 bits per heavy atom. The molecule has 0 aromatic heterocycles. The van der Waals surface area contributed by atoms with E-state index < -0.39 is 10.0 Å². The molecular weight excluding hydrogens is 278 g/mol. The highest BCUT2D eigenvalue weighted by molar-refractivity contribution is 7.89. The van der Waals surface area contributed by atoms with Crippen LogP contribution < -0.4 is 4.72 Å². The fourth-order valence-electron chi connectivity index (χ4n) is 1.50. The van der Waals surface area contributed by atoms with Gasteiger partial charge in [0.1, 0.15) is 6.61 Å². The third-order valence-corrected chi connectivity index (χ3v) is 3.79. The van der Waals surface area contributed by atoms with Gasteiger partial charge in [-0.25, -0.2) is 13.1 Å². The molecule has 0 radical (unpaired) electrons. The van der Waals surface area contributed by atoms with Crippen LogP contribution in [0.15, 0.2) is 24.3 Å². The van der Waals surface area contributed by atoms with Crippen molar-refractivity contribution in [3.8, 4) is 11.8 Å². The molecule has 0 aliphatic rings. The summed E-state index contributed by atoms with van der Waals surface area (Å²) < 4.78 is 31.0. The van der Waals surface area contributed by atoms with Gasteiger partial charge >= 0.3 is 0 Å². The van der Waals surface area contributed by atoms with Crippen LogP contribution in [-0.4, -0.2) is 39.1 Å². The van der Waals surface area contributed by atoms with E-state index in [4.69, 9.17) is 9.84 Å². The Morgan fingerprint density at radius 1 is 1.35 bits per heavy atom. The number of ether oxygens (including phenoxy) is 1. The van der Waals surface area contributed by atoms with Gasteiger partial charge in [0.05, 0.1) is 12.4 Å². The zero-order chi connectivity index (χ0) is 14.8. The minimum Gasteiger partial charge on any atom is -0.384 e. The molecule has 1 aromatic rings. The number of sulfonamides is 1. The standard InChI is InChI=1S/C14H19NO4S/c1-2-19-10-11-20(17,18)15-12-14-7-4-3-6-13(14)8-5-9-16/h3-4,6-7,15-16H,2,9-12H2,1H3. The Kier molecular flexibility index (Phi) is 7.26. The summed E-state index contributed by atoms with van der Waals surface area (Å²) >= 11 is 0. The van der Waals surface area contributed by atoms with E-state index >= 15 is 0 Å². The van der Waals surface area contributed by atoms with Gasteiger partial charge in [0.15, 0.2) is 0 Å². The summed E-state index contributed by atoms with van der Waals surface area (Å²) in [5.74, 6) is 5.28. The minimum atomic E-state index is -3.36. The molecule has 110 valence electrons. The predicted molar refractivity (Wildman–Crippen MR) is 77.5 cm³/mol. The smallest absolute Gasteiger partial charge is 0.214 e. The topological polar surface area (TPSA) is 75.6 Å². The van der Waals surface area contributed by atoms with E-state index in [1.54, 1.807) is 12.1 Å². The molecule has 0 unspecified atom stereocenters. The first-order valence-corrected chi connectivity index (χ1v) is 7.97. The first kappa shape index (κ1) is 16.7. The Hall–Kier alpha value is -1.39. The number of hydrogen-bond acceptors (Lipinski definition) is 4. The Bertz CT molecular complexity index is 572. The lowest BCUT2D eigenvalue weighted by Crippen LogP contribution is -2.28. The normalized spacial score (nSPS) is 10.9. The van der Waals surface area contributed by atoms with Crippen LogP contribution in [-0.2, 0) is 21.3 Å². The quantitative estimate of drug-likeness (QED) is 0.567.